The molecule has 0 saturated heterocycles. The Morgan fingerprint density at radius 2 is 1.90 bits per heavy atom. The molecule has 0 fully saturated rings. The number of methoxy groups -OCH3 is 1. The van der Waals surface area contributed by atoms with E-state index in [0.29, 0.717) is 11.3 Å². The summed E-state index contributed by atoms with van der Waals surface area (Å²) in [4.78, 5) is 11.4. The Morgan fingerprint density at radius 3 is 2.60 bits per heavy atom. The lowest BCUT2D eigenvalue weighted by atomic mass is 10.1. The van der Waals surface area contributed by atoms with Crippen molar-refractivity contribution in [1.29, 1.82) is 0 Å². The van der Waals surface area contributed by atoms with Crippen LogP contribution in [0.15, 0.2) is 36.4 Å². The molecule has 2 aromatic carbocycles. The number of carbonyl (C=O) groups excluding carboxylic acids is 1. The molecule has 5 nitrogen and oxygen atoms in total. The molecule has 0 radical (unpaired) electrons. The molecule has 0 amide bonds. The molecule has 2 rings (SSSR count). The lowest BCUT2D eigenvalue weighted by Crippen LogP contribution is -2.21. The van der Waals surface area contributed by atoms with Gasteiger partial charge in [-0.05, 0) is 35.0 Å². The summed E-state index contributed by atoms with van der Waals surface area (Å²) in [6, 6.07) is 10.6. The molecule has 20 heavy (non-hydrogen) atoms. The van der Waals surface area contributed by atoms with Crippen molar-refractivity contribution in [3.63, 3.8) is 0 Å². The van der Waals surface area contributed by atoms with Gasteiger partial charge in [0.1, 0.15) is 18.5 Å². The summed E-state index contributed by atoms with van der Waals surface area (Å²) in [6.07, 6.45) is -0.896. The molecule has 0 aromatic heterocycles. The van der Waals surface area contributed by atoms with Crippen LogP contribution in [0.3, 0.4) is 0 Å². The maximum Gasteiger partial charge on any atom is 0.337 e. The van der Waals surface area contributed by atoms with E-state index in [4.69, 9.17) is 9.84 Å². The van der Waals surface area contributed by atoms with Crippen molar-refractivity contribution in [3.8, 4) is 5.75 Å². The van der Waals surface area contributed by atoms with Crippen LogP contribution >= 0.6 is 0 Å². The maximum absolute atomic E-state index is 11.4. The van der Waals surface area contributed by atoms with Crippen LogP contribution in [0, 0.1) is 0 Å². The molecule has 5 heteroatoms. The van der Waals surface area contributed by atoms with Crippen LogP contribution < -0.4 is 4.74 Å². The van der Waals surface area contributed by atoms with Crippen molar-refractivity contribution >= 4 is 16.7 Å². The molecule has 0 spiro atoms. The molecular weight excluding hydrogens is 260 g/mol. The monoisotopic (exact) mass is 276 g/mol. The number of hydrogen-bond acceptors (Lipinski definition) is 5. The predicted molar refractivity (Wildman–Crippen MR) is 73.9 cm³/mol. The zero-order valence-electron chi connectivity index (χ0n) is 11.1. The summed E-state index contributed by atoms with van der Waals surface area (Å²) >= 11 is 0. The van der Waals surface area contributed by atoms with Crippen LogP contribution in [-0.4, -0.2) is 42.6 Å². The summed E-state index contributed by atoms with van der Waals surface area (Å²) in [6.45, 7) is -0.307. The molecule has 0 aliphatic carbocycles. The van der Waals surface area contributed by atoms with Crippen molar-refractivity contribution < 1.29 is 24.5 Å². The highest BCUT2D eigenvalue weighted by molar-refractivity contribution is 5.95. The fourth-order valence-corrected chi connectivity index (χ4v) is 1.80. The van der Waals surface area contributed by atoms with Crippen LogP contribution in [0.5, 0.6) is 5.75 Å². The Hall–Kier alpha value is -2.11. The quantitative estimate of drug-likeness (QED) is 0.806. The van der Waals surface area contributed by atoms with E-state index in [-0.39, 0.29) is 19.2 Å². The average molecular weight is 276 g/mol. The Labute approximate surface area is 116 Å². The highest BCUT2D eigenvalue weighted by Gasteiger charge is 2.07. The minimum atomic E-state index is -0.896. The van der Waals surface area contributed by atoms with Gasteiger partial charge >= 0.3 is 5.97 Å². The number of aliphatic hydroxyl groups excluding tert-OH is 2. The molecule has 0 unspecified atom stereocenters. The molecule has 0 aliphatic heterocycles. The second-order valence-corrected chi connectivity index (χ2v) is 4.36. The van der Waals surface area contributed by atoms with Crippen LogP contribution in [0.25, 0.3) is 10.8 Å². The topological polar surface area (TPSA) is 76.0 Å². The van der Waals surface area contributed by atoms with Gasteiger partial charge in [0.2, 0.25) is 0 Å². The van der Waals surface area contributed by atoms with Crippen molar-refractivity contribution in [3.05, 3.63) is 42.0 Å². The van der Waals surface area contributed by atoms with E-state index in [1.807, 2.05) is 6.07 Å². The molecule has 0 heterocycles. The first kappa shape index (κ1) is 14.3. The van der Waals surface area contributed by atoms with Crippen LogP contribution in [0.4, 0.5) is 0 Å². The van der Waals surface area contributed by atoms with Gasteiger partial charge in [-0.1, -0.05) is 12.1 Å². The zero-order chi connectivity index (χ0) is 14.5. The van der Waals surface area contributed by atoms with Gasteiger partial charge in [-0.15, -0.1) is 0 Å². The molecule has 2 N–H and O–H groups in total. The van der Waals surface area contributed by atoms with Crippen molar-refractivity contribution in [2.45, 2.75) is 6.10 Å². The molecular formula is C15H16O5. The van der Waals surface area contributed by atoms with Gasteiger partial charge in [0.05, 0.1) is 19.3 Å². The summed E-state index contributed by atoms with van der Waals surface area (Å²) in [7, 11) is 1.34. The SMILES string of the molecule is COC(=O)c1ccc2cc(OC[C@H](O)CO)ccc2c1. The van der Waals surface area contributed by atoms with Crippen molar-refractivity contribution in [2.75, 3.05) is 20.3 Å². The first-order valence-electron chi connectivity index (χ1n) is 6.18. The standard InChI is InChI=1S/C15H16O5/c1-19-15(18)12-3-2-11-7-14(5-4-10(11)6-12)20-9-13(17)8-16/h2-7,13,16-17H,8-9H2,1H3/t13-/m1/s1. The summed E-state index contributed by atoms with van der Waals surface area (Å²) in [5.41, 5.74) is 0.490. The molecule has 1 atom stereocenters. The Kier molecular flexibility index (Phi) is 4.55. The number of rotatable bonds is 5. The first-order valence-corrected chi connectivity index (χ1v) is 6.18. The van der Waals surface area contributed by atoms with Gasteiger partial charge in [-0.2, -0.15) is 0 Å². The summed E-state index contributed by atoms with van der Waals surface area (Å²) in [5.74, 6) is 0.217. The van der Waals surface area contributed by atoms with Gasteiger partial charge in [0, 0.05) is 0 Å². The zero-order valence-corrected chi connectivity index (χ0v) is 11.1. The number of benzene rings is 2. The van der Waals surface area contributed by atoms with E-state index < -0.39 is 6.10 Å². The largest absolute Gasteiger partial charge is 0.491 e. The molecule has 2 aromatic rings. The second kappa shape index (κ2) is 6.36. The lowest BCUT2D eigenvalue weighted by Gasteiger charge is -2.10. The van der Waals surface area contributed by atoms with Gasteiger partial charge in [0.25, 0.3) is 0 Å². The third-order valence-electron chi connectivity index (χ3n) is 2.89. The third-order valence-corrected chi connectivity index (χ3v) is 2.89. The van der Waals surface area contributed by atoms with E-state index in [0.717, 1.165) is 10.8 Å². The smallest absolute Gasteiger partial charge is 0.337 e. The van der Waals surface area contributed by atoms with Gasteiger partial charge < -0.3 is 19.7 Å². The van der Waals surface area contributed by atoms with Crippen LogP contribution in [0.2, 0.25) is 0 Å². The van der Waals surface area contributed by atoms with E-state index in [9.17, 15) is 9.90 Å². The van der Waals surface area contributed by atoms with Crippen molar-refractivity contribution in [2.24, 2.45) is 0 Å². The van der Waals surface area contributed by atoms with Crippen LogP contribution in [0.1, 0.15) is 10.4 Å². The summed E-state index contributed by atoms with van der Waals surface area (Å²) < 4.78 is 10.0. The lowest BCUT2D eigenvalue weighted by molar-refractivity contribution is 0.0536. The number of fused-ring (bicyclic) bond motifs is 1. The highest BCUT2D eigenvalue weighted by Crippen LogP contribution is 2.22. The normalized spacial score (nSPS) is 12.2. The molecule has 0 bridgehead atoms. The number of hydrogen-bond donors (Lipinski definition) is 2. The number of esters is 1. The Balaban J connectivity index is 2.20. The van der Waals surface area contributed by atoms with Gasteiger partial charge in [-0.25, -0.2) is 4.79 Å². The number of aliphatic hydroxyl groups is 2. The third kappa shape index (κ3) is 3.26. The minimum Gasteiger partial charge on any atom is -0.491 e. The minimum absolute atomic E-state index is 0.0300. The molecule has 0 saturated carbocycles. The van der Waals surface area contributed by atoms with E-state index in [1.54, 1.807) is 30.3 Å². The highest BCUT2D eigenvalue weighted by atomic mass is 16.5. The first-order chi connectivity index (χ1) is 9.63. The fraction of sp³-hybridized carbons (Fsp3) is 0.267. The fourth-order valence-electron chi connectivity index (χ4n) is 1.80. The second-order valence-electron chi connectivity index (χ2n) is 4.36. The Morgan fingerprint density at radius 1 is 1.20 bits per heavy atom. The molecule has 106 valence electrons. The van der Waals surface area contributed by atoms with E-state index in [2.05, 4.69) is 4.74 Å². The van der Waals surface area contributed by atoms with Gasteiger partial charge in [0.15, 0.2) is 0 Å². The van der Waals surface area contributed by atoms with E-state index >= 15 is 0 Å². The number of carbonyl (C=O) groups is 1. The summed E-state index contributed by atoms with van der Waals surface area (Å²) in [5, 5.41) is 19.7. The predicted octanol–water partition coefficient (Wildman–Crippen LogP) is 1.36. The molecule has 0 aliphatic rings. The Bertz CT molecular complexity index is 608. The number of ether oxygens (including phenoxy) is 2. The van der Waals surface area contributed by atoms with Crippen molar-refractivity contribution in [1.82, 2.24) is 0 Å². The average Bonchev–Trinajstić information content (AvgIpc) is 2.50. The maximum atomic E-state index is 11.4. The van der Waals surface area contributed by atoms with Crippen LogP contribution in [-0.2, 0) is 4.74 Å². The van der Waals surface area contributed by atoms with Gasteiger partial charge in [-0.3, -0.25) is 0 Å². The van der Waals surface area contributed by atoms with E-state index in [1.165, 1.54) is 7.11 Å².